The zero-order valence-corrected chi connectivity index (χ0v) is 12.7. The smallest absolute Gasteiger partial charge is 0.224 e. The first kappa shape index (κ1) is 15.7. The number of amides is 1. The summed E-state index contributed by atoms with van der Waals surface area (Å²) >= 11 is 0. The molecule has 5 heteroatoms. The zero-order chi connectivity index (χ0) is 14.2. The van der Waals surface area contributed by atoms with Crippen molar-refractivity contribution < 1.29 is 9.53 Å². The zero-order valence-electron chi connectivity index (χ0n) is 12.7. The number of nitrogens with one attached hydrogen (secondary N) is 2. The number of likely N-dealkylation sites (tertiary alicyclic amines) is 1. The van der Waals surface area contributed by atoms with Gasteiger partial charge in [0.25, 0.3) is 0 Å². The van der Waals surface area contributed by atoms with E-state index in [0.29, 0.717) is 6.04 Å². The largest absolute Gasteiger partial charge is 0.385 e. The Hall–Kier alpha value is -0.650. The molecule has 2 saturated heterocycles. The van der Waals surface area contributed by atoms with Gasteiger partial charge in [-0.15, -0.1) is 0 Å². The normalized spacial score (nSPS) is 25.6. The molecule has 116 valence electrons. The molecule has 0 spiro atoms. The fourth-order valence-corrected chi connectivity index (χ4v) is 3.13. The Labute approximate surface area is 122 Å². The monoisotopic (exact) mass is 283 g/mol. The van der Waals surface area contributed by atoms with Crippen LogP contribution in [0.2, 0.25) is 0 Å². The molecule has 5 nitrogen and oxygen atoms in total. The van der Waals surface area contributed by atoms with Crippen molar-refractivity contribution in [2.45, 2.75) is 38.1 Å². The van der Waals surface area contributed by atoms with Crippen LogP contribution < -0.4 is 10.6 Å². The predicted octanol–water partition coefficient (Wildman–Crippen LogP) is 0.603. The molecule has 1 atom stereocenters. The number of piperidine rings is 2. The standard InChI is InChI=1S/C15H29N3O2/c1-20-11-3-8-18-9-5-14(6-10-18)17-15(19)13-4-2-7-16-12-13/h13-14,16H,2-12H2,1H3,(H,17,19). The number of hydrogen-bond acceptors (Lipinski definition) is 4. The summed E-state index contributed by atoms with van der Waals surface area (Å²) in [4.78, 5) is 14.7. The second-order valence-corrected chi connectivity index (χ2v) is 6.01. The second kappa shape index (κ2) is 8.60. The summed E-state index contributed by atoms with van der Waals surface area (Å²) in [6.45, 7) is 6.05. The van der Waals surface area contributed by atoms with Crippen LogP contribution in [0.4, 0.5) is 0 Å². The number of methoxy groups -OCH3 is 1. The molecule has 0 saturated carbocycles. The van der Waals surface area contributed by atoms with E-state index in [1.807, 2.05) is 0 Å². The summed E-state index contributed by atoms with van der Waals surface area (Å²) in [5.41, 5.74) is 0. The van der Waals surface area contributed by atoms with Gasteiger partial charge in [0.05, 0.1) is 5.92 Å². The molecule has 2 aliphatic heterocycles. The highest BCUT2D eigenvalue weighted by Gasteiger charge is 2.25. The van der Waals surface area contributed by atoms with Crippen LogP contribution in [0.1, 0.15) is 32.1 Å². The van der Waals surface area contributed by atoms with Crippen LogP contribution in [-0.2, 0) is 9.53 Å². The molecule has 2 aliphatic rings. The van der Waals surface area contributed by atoms with E-state index < -0.39 is 0 Å². The second-order valence-electron chi connectivity index (χ2n) is 6.01. The number of rotatable bonds is 6. The van der Waals surface area contributed by atoms with Gasteiger partial charge in [0.2, 0.25) is 5.91 Å². The van der Waals surface area contributed by atoms with Gasteiger partial charge < -0.3 is 20.3 Å². The molecule has 0 aliphatic carbocycles. The van der Waals surface area contributed by atoms with Crippen LogP contribution in [0.5, 0.6) is 0 Å². The highest BCUT2D eigenvalue weighted by molar-refractivity contribution is 5.79. The van der Waals surface area contributed by atoms with E-state index in [1.54, 1.807) is 7.11 Å². The molecule has 20 heavy (non-hydrogen) atoms. The van der Waals surface area contributed by atoms with E-state index in [0.717, 1.165) is 71.4 Å². The average Bonchev–Trinajstić information content (AvgIpc) is 2.50. The van der Waals surface area contributed by atoms with Crippen molar-refractivity contribution in [2.75, 3.05) is 46.4 Å². The van der Waals surface area contributed by atoms with Crippen molar-refractivity contribution in [3.05, 3.63) is 0 Å². The SMILES string of the molecule is COCCCN1CCC(NC(=O)C2CCCNC2)CC1. The molecule has 1 amide bonds. The van der Waals surface area contributed by atoms with Crippen molar-refractivity contribution in [2.24, 2.45) is 5.92 Å². The number of nitrogens with zero attached hydrogens (tertiary/aromatic N) is 1. The van der Waals surface area contributed by atoms with E-state index in [4.69, 9.17) is 4.74 Å². The van der Waals surface area contributed by atoms with E-state index in [2.05, 4.69) is 15.5 Å². The molecule has 1 unspecified atom stereocenters. The van der Waals surface area contributed by atoms with Gasteiger partial charge in [0.15, 0.2) is 0 Å². The minimum atomic E-state index is 0.184. The van der Waals surface area contributed by atoms with Crippen molar-refractivity contribution in [1.29, 1.82) is 0 Å². The lowest BCUT2D eigenvalue weighted by Gasteiger charge is -2.33. The summed E-state index contributed by atoms with van der Waals surface area (Å²) in [5, 5.41) is 6.55. The Kier molecular flexibility index (Phi) is 6.76. The van der Waals surface area contributed by atoms with E-state index in [-0.39, 0.29) is 11.8 Å². The third-order valence-electron chi connectivity index (χ3n) is 4.42. The van der Waals surface area contributed by atoms with Gasteiger partial charge in [-0.1, -0.05) is 0 Å². The van der Waals surface area contributed by atoms with E-state index in [1.165, 1.54) is 0 Å². The van der Waals surface area contributed by atoms with Gasteiger partial charge in [-0.3, -0.25) is 4.79 Å². The van der Waals surface area contributed by atoms with E-state index in [9.17, 15) is 4.79 Å². The van der Waals surface area contributed by atoms with Crippen LogP contribution in [0.15, 0.2) is 0 Å². The van der Waals surface area contributed by atoms with Gasteiger partial charge in [-0.25, -0.2) is 0 Å². The summed E-state index contributed by atoms with van der Waals surface area (Å²) in [7, 11) is 1.75. The lowest BCUT2D eigenvalue weighted by atomic mass is 9.97. The molecule has 0 aromatic carbocycles. The van der Waals surface area contributed by atoms with Gasteiger partial charge >= 0.3 is 0 Å². The lowest BCUT2D eigenvalue weighted by Crippen LogP contribution is -2.48. The molecule has 2 fully saturated rings. The summed E-state index contributed by atoms with van der Waals surface area (Å²) < 4.78 is 5.08. The van der Waals surface area contributed by atoms with Crippen LogP contribution in [0.25, 0.3) is 0 Å². The third-order valence-corrected chi connectivity index (χ3v) is 4.42. The maximum Gasteiger partial charge on any atom is 0.224 e. The fourth-order valence-electron chi connectivity index (χ4n) is 3.13. The van der Waals surface area contributed by atoms with Crippen LogP contribution >= 0.6 is 0 Å². The van der Waals surface area contributed by atoms with Gasteiger partial charge in [0.1, 0.15) is 0 Å². The number of carbonyl (C=O) groups excluding carboxylic acids is 1. The Balaban J connectivity index is 1.62. The van der Waals surface area contributed by atoms with E-state index >= 15 is 0 Å². The topological polar surface area (TPSA) is 53.6 Å². The maximum atomic E-state index is 12.2. The highest BCUT2D eigenvalue weighted by Crippen LogP contribution is 2.14. The molecule has 2 rings (SSSR count). The Bertz CT molecular complexity index is 285. The molecule has 0 aromatic heterocycles. The van der Waals surface area contributed by atoms with Crippen molar-refractivity contribution in [3.63, 3.8) is 0 Å². The first-order valence-corrected chi connectivity index (χ1v) is 8.02. The van der Waals surface area contributed by atoms with Crippen LogP contribution in [0, 0.1) is 5.92 Å². The average molecular weight is 283 g/mol. The lowest BCUT2D eigenvalue weighted by molar-refractivity contribution is -0.126. The van der Waals surface area contributed by atoms with Crippen LogP contribution in [0.3, 0.4) is 0 Å². The summed E-state index contributed by atoms with van der Waals surface area (Å²) in [5.74, 6) is 0.443. The minimum absolute atomic E-state index is 0.184. The molecule has 2 N–H and O–H groups in total. The van der Waals surface area contributed by atoms with Gasteiger partial charge in [-0.05, 0) is 38.6 Å². The van der Waals surface area contributed by atoms with Crippen molar-refractivity contribution >= 4 is 5.91 Å². The molecular weight excluding hydrogens is 254 g/mol. The van der Waals surface area contributed by atoms with Crippen LogP contribution in [-0.4, -0.2) is 63.3 Å². The summed E-state index contributed by atoms with van der Waals surface area (Å²) in [6, 6.07) is 0.378. The molecule has 0 bridgehead atoms. The van der Waals surface area contributed by atoms with Crippen molar-refractivity contribution in [1.82, 2.24) is 15.5 Å². The first-order valence-electron chi connectivity index (χ1n) is 8.02. The first-order chi connectivity index (χ1) is 9.79. The fraction of sp³-hybridized carbons (Fsp3) is 0.933. The van der Waals surface area contributed by atoms with Gasteiger partial charge in [-0.2, -0.15) is 0 Å². The van der Waals surface area contributed by atoms with Gasteiger partial charge in [0, 0.05) is 45.9 Å². The third kappa shape index (κ3) is 5.04. The Morgan fingerprint density at radius 1 is 1.35 bits per heavy atom. The molecule has 0 aromatic rings. The molecule has 2 heterocycles. The quantitative estimate of drug-likeness (QED) is 0.701. The predicted molar refractivity (Wildman–Crippen MR) is 79.7 cm³/mol. The number of ether oxygens (including phenoxy) is 1. The molecule has 0 radical (unpaired) electrons. The summed E-state index contributed by atoms with van der Waals surface area (Å²) in [6.07, 6.45) is 5.42. The molecular formula is C15H29N3O2. The highest BCUT2D eigenvalue weighted by atomic mass is 16.5. The minimum Gasteiger partial charge on any atom is -0.385 e. The number of carbonyl (C=O) groups is 1. The maximum absolute atomic E-state index is 12.2. The Morgan fingerprint density at radius 3 is 2.80 bits per heavy atom. The Morgan fingerprint density at radius 2 is 2.15 bits per heavy atom. The van der Waals surface area contributed by atoms with Crippen molar-refractivity contribution in [3.8, 4) is 0 Å². The number of hydrogen-bond donors (Lipinski definition) is 2.